The van der Waals surface area contributed by atoms with E-state index in [0.717, 1.165) is 11.1 Å². The highest BCUT2D eigenvalue weighted by molar-refractivity contribution is 6.31. The third-order valence-corrected chi connectivity index (χ3v) is 5.75. The number of carbonyl (C=O) groups excluding carboxylic acids is 1. The molecule has 0 saturated heterocycles. The van der Waals surface area contributed by atoms with Crippen molar-refractivity contribution in [2.24, 2.45) is 0 Å². The molecular formula is C25H25ClFNO. The molecule has 0 unspecified atom stereocenters. The van der Waals surface area contributed by atoms with Crippen molar-refractivity contribution in [3.05, 3.63) is 106 Å². The fourth-order valence-electron chi connectivity index (χ4n) is 3.76. The summed E-state index contributed by atoms with van der Waals surface area (Å²) in [6, 6.07) is 23.6. The van der Waals surface area contributed by atoms with Crippen molar-refractivity contribution < 1.29 is 9.18 Å². The predicted molar refractivity (Wildman–Crippen MR) is 117 cm³/mol. The Morgan fingerprint density at radius 2 is 1.48 bits per heavy atom. The van der Waals surface area contributed by atoms with Gasteiger partial charge in [0.05, 0.1) is 5.41 Å². The van der Waals surface area contributed by atoms with E-state index in [1.807, 2.05) is 74.8 Å². The molecule has 3 rings (SSSR count). The van der Waals surface area contributed by atoms with E-state index in [1.165, 1.54) is 12.1 Å². The van der Waals surface area contributed by atoms with Crippen LogP contribution in [-0.4, -0.2) is 30.8 Å². The van der Waals surface area contributed by atoms with Crippen molar-refractivity contribution in [2.75, 3.05) is 14.1 Å². The molecule has 0 heterocycles. The molecule has 0 saturated carbocycles. The number of nitrogens with zero attached hydrogens (tertiary/aromatic N) is 1. The van der Waals surface area contributed by atoms with Gasteiger partial charge in [-0.15, -0.1) is 0 Å². The lowest BCUT2D eigenvalue weighted by molar-refractivity contribution is 0.0882. The zero-order chi connectivity index (χ0) is 21.0. The van der Waals surface area contributed by atoms with Crippen molar-refractivity contribution in [3.8, 4) is 0 Å². The summed E-state index contributed by atoms with van der Waals surface area (Å²) in [4.78, 5) is 16.2. The normalized spacial score (nSPS) is 12.8. The Bertz CT molecular complexity index is 913. The SMILES string of the molecule is C[C@@H](CC(C(=O)c1cc(F)cc(Cl)c1)(c1ccccc1)c1ccccc1)N(C)C. The van der Waals surface area contributed by atoms with E-state index in [9.17, 15) is 9.18 Å². The van der Waals surface area contributed by atoms with Gasteiger partial charge in [-0.3, -0.25) is 4.79 Å². The Hall–Kier alpha value is -2.49. The van der Waals surface area contributed by atoms with E-state index in [1.54, 1.807) is 6.07 Å². The van der Waals surface area contributed by atoms with Crippen LogP contribution in [0.2, 0.25) is 5.02 Å². The first-order chi connectivity index (χ1) is 13.8. The summed E-state index contributed by atoms with van der Waals surface area (Å²) in [5, 5.41) is 0.212. The maximum absolute atomic E-state index is 14.1. The molecule has 29 heavy (non-hydrogen) atoms. The minimum absolute atomic E-state index is 0.100. The molecule has 0 aromatic heterocycles. The summed E-state index contributed by atoms with van der Waals surface area (Å²) >= 11 is 6.09. The molecule has 0 fully saturated rings. The third-order valence-electron chi connectivity index (χ3n) is 5.53. The van der Waals surface area contributed by atoms with E-state index in [-0.39, 0.29) is 22.4 Å². The summed E-state index contributed by atoms with van der Waals surface area (Å²) in [6.07, 6.45) is 0.543. The molecule has 3 aromatic carbocycles. The number of benzene rings is 3. The molecule has 3 aromatic rings. The van der Waals surface area contributed by atoms with Crippen molar-refractivity contribution >= 4 is 17.4 Å². The minimum Gasteiger partial charge on any atom is -0.307 e. The molecule has 0 bridgehead atoms. The van der Waals surface area contributed by atoms with E-state index in [2.05, 4.69) is 11.8 Å². The number of Topliss-reactive ketones (excluding diaryl/α,β-unsaturated/α-hetero) is 1. The molecule has 1 atom stereocenters. The second-order valence-corrected chi connectivity index (χ2v) is 8.08. The first-order valence-corrected chi connectivity index (χ1v) is 10.0. The lowest BCUT2D eigenvalue weighted by atomic mass is 9.66. The molecular weight excluding hydrogens is 385 g/mol. The quantitative estimate of drug-likeness (QED) is 0.447. The first-order valence-electron chi connectivity index (χ1n) is 9.63. The number of rotatable bonds is 7. The van der Waals surface area contributed by atoms with Gasteiger partial charge in [0, 0.05) is 16.6 Å². The molecule has 0 spiro atoms. The summed E-state index contributed by atoms with van der Waals surface area (Å²) in [5.41, 5.74) is 1.06. The van der Waals surface area contributed by atoms with Crippen LogP contribution < -0.4 is 0 Å². The average molecular weight is 410 g/mol. The average Bonchev–Trinajstić information content (AvgIpc) is 2.72. The molecule has 0 aliphatic rings. The molecule has 0 aliphatic heterocycles. The highest BCUT2D eigenvalue weighted by atomic mass is 35.5. The van der Waals surface area contributed by atoms with Crippen LogP contribution in [0.3, 0.4) is 0 Å². The number of hydrogen-bond donors (Lipinski definition) is 0. The highest BCUT2D eigenvalue weighted by Crippen LogP contribution is 2.41. The van der Waals surface area contributed by atoms with E-state index in [0.29, 0.717) is 6.42 Å². The maximum Gasteiger partial charge on any atom is 0.177 e. The molecule has 0 radical (unpaired) electrons. The number of carbonyl (C=O) groups is 1. The van der Waals surface area contributed by atoms with Gasteiger partial charge in [-0.05, 0) is 56.8 Å². The van der Waals surface area contributed by atoms with Gasteiger partial charge in [0.1, 0.15) is 5.82 Å². The fourth-order valence-corrected chi connectivity index (χ4v) is 3.98. The lowest BCUT2D eigenvalue weighted by Crippen LogP contribution is -2.43. The standard InChI is InChI=1S/C25H25ClFNO/c1-18(28(2)3)17-25(20-10-6-4-7-11-20,21-12-8-5-9-13-21)24(29)19-14-22(26)16-23(27)15-19/h4-16,18H,17H2,1-3H3/t18-/m0/s1. The van der Waals surface area contributed by atoms with Crippen LogP contribution in [0.15, 0.2) is 78.9 Å². The lowest BCUT2D eigenvalue weighted by Gasteiger charge is -2.38. The minimum atomic E-state index is -0.969. The van der Waals surface area contributed by atoms with Gasteiger partial charge in [0.2, 0.25) is 0 Å². The Kier molecular flexibility index (Phi) is 6.51. The second kappa shape index (κ2) is 8.89. The van der Waals surface area contributed by atoms with Crippen LogP contribution in [0.4, 0.5) is 4.39 Å². The molecule has 0 amide bonds. The van der Waals surface area contributed by atoms with Gasteiger partial charge in [0.25, 0.3) is 0 Å². The molecule has 150 valence electrons. The van der Waals surface area contributed by atoms with Gasteiger partial charge in [-0.1, -0.05) is 72.3 Å². The van der Waals surface area contributed by atoms with Gasteiger partial charge in [-0.25, -0.2) is 4.39 Å². The first kappa shape index (κ1) is 21.2. The molecule has 2 nitrogen and oxygen atoms in total. The third kappa shape index (κ3) is 4.42. The van der Waals surface area contributed by atoms with E-state index >= 15 is 0 Å². The predicted octanol–water partition coefficient (Wildman–Crippen LogP) is 5.99. The molecule has 0 aliphatic carbocycles. The van der Waals surface area contributed by atoms with Crippen LogP contribution >= 0.6 is 11.6 Å². The van der Waals surface area contributed by atoms with Crippen molar-refractivity contribution in [1.29, 1.82) is 0 Å². The van der Waals surface area contributed by atoms with Crippen molar-refractivity contribution in [1.82, 2.24) is 4.90 Å². The monoisotopic (exact) mass is 409 g/mol. The Morgan fingerprint density at radius 3 is 1.93 bits per heavy atom. The van der Waals surface area contributed by atoms with Crippen LogP contribution in [-0.2, 0) is 5.41 Å². The van der Waals surface area contributed by atoms with Crippen LogP contribution in [0.5, 0.6) is 0 Å². The van der Waals surface area contributed by atoms with Crippen LogP contribution in [0, 0.1) is 5.82 Å². The van der Waals surface area contributed by atoms with E-state index in [4.69, 9.17) is 11.6 Å². The largest absolute Gasteiger partial charge is 0.307 e. The summed E-state index contributed by atoms with van der Waals surface area (Å²) < 4.78 is 14.1. The summed E-state index contributed by atoms with van der Waals surface area (Å²) in [5.74, 6) is -0.679. The second-order valence-electron chi connectivity index (χ2n) is 7.64. The highest BCUT2D eigenvalue weighted by Gasteiger charge is 2.43. The Balaban J connectivity index is 2.30. The fraction of sp³-hybridized carbons (Fsp3) is 0.240. The molecule has 4 heteroatoms. The smallest absolute Gasteiger partial charge is 0.177 e. The van der Waals surface area contributed by atoms with Crippen molar-refractivity contribution in [2.45, 2.75) is 24.8 Å². The van der Waals surface area contributed by atoms with Crippen LogP contribution in [0.1, 0.15) is 34.8 Å². The van der Waals surface area contributed by atoms with Crippen LogP contribution in [0.25, 0.3) is 0 Å². The maximum atomic E-state index is 14.1. The van der Waals surface area contributed by atoms with Gasteiger partial charge >= 0.3 is 0 Å². The Labute approximate surface area is 176 Å². The zero-order valence-electron chi connectivity index (χ0n) is 16.9. The number of hydrogen-bond acceptors (Lipinski definition) is 2. The number of halogens is 2. The Morgan fingerprint density at radius 1 is 0.966 bits per heavy atom. The topological polar surface area (TPSA) is 20.3 Å². The van der Waals surface area contributed by atoms with Gasteiger partial charge in [-0.2, -0.15) is 0 Å². The van der Waals surface area contributed by atoms with Gasteiger partial charge in [0.15, 0.2) is 5.78 Å². The van der Waals surface area contributed by atoms with Gasteiger partial charge < -0.3 is 4.90 Å². The number of ketones is 1. The zero-order valence-corrected chi connectivity index (χ0v) is 17.7. The summed E-state index contributed by atoms with van der Waals surface area (Å²) in [6.45, 7) is 2.09. The van der Waals surface area contributed by atoms with E-state index < -0.39 is 11.2 Å². The molecule has 0 N–H and O–H groups in total. The summed E-state index contributed by atoms with van der Waals surface area (Å²) in [7, 11) is 3.99. The van der Waals surface area contributed by atoms with Crippen molar-refractivity contribution in [3.63, 3.8) is 0 Å².